The highest BCUT2D eigenvalue weighted by Crippen LogP contribution is 2.45. The Hall–Kier alpha value is -0.690. The molecule has 0 spiro atoms. The first-order valence-corrected chi connectivity index (χ1v) is 6.21. The lowest BCUT2D eigenvalue weighted by molar-refractivity contribution is 0.440. The Labute approximate surface area is 95.8 Å². The highest BCUT2D eigenvalue weighted by Gasteiger charge is 2.39. The van der Waals surface area contributed by atoms with Crippen LogP contribution in [0.25, 0.3) is 0 Å². The average Bonchev–Trinajstić information content (AvgIpc) is 2.79. The summed E-state index contributed by atoms with van der Waals surface area (Å²) in [5.41, 5.74) is 1.18. The molecule has 2 bridgehead atoms. The van der Waals surface area contributed by atoms with E-state index in [1.807, 2.05) is 18.2 Å². The van der Waals surface area contributed by atoms with E-state index in [9.17, 15) is 0 Å². The van der Waals surface area contributed by atoms with Crippen molar-refractivity contribution in [3.05, 3.63) is 29.3 Å². The number of hydrogen-bond donors (Lipinski definition) is 1. The highest BCUT2D eigenvalue weighted by molar-refractivity contribution is 6.30. The van der Waals surface area contributed by atoms with Gasteiger partial charge in [-0.15, -0.1) is 0 Å². The van der Waals surface area contributed by atoms with E-state index in [4.69, 9.17) is 11.6 Å². The van der Waals surface area contributed by atoms with Crippen molar-refractivity contribution in [3.8, 4) is 0 Å². The van der Waals surface area contributed by atoms with Crippen LogP contribution in [0.5, 0.6) is 0 Å². The van der Waals surface area contributed by atoms with E-state index in [0.717, 1.165) is 16.9 Å². The molecule has 1 aromatic carbocycles. The largest absolute Gasteiger partial charge is 0.382 e. The van der Waals surface area contributed by atoms with Crippen molar-refractivity contribution >= 4 is 17.3 Å². The average molecular weight is 222 g/mol. The molecular formula is C13H16ClN. The van der Waals surface area contributed by atoms with Gasteiger partial charge in [-0.1, -0.05) is 24.1 Å². The fraction of sp³-hybridized carbons (Fsp3) is 0.538. The maximum absolute atomic E-state index is 5.97. The minimum Gasteiger partial charge on any atom is -0.382 e. The summed E-state index contributed by atoms with van der Waals surface area (Å²) in [5.74, 6) is 1.90. The summed E-state index contributed by atoms with van der Waals surface area (Å²) in [4.78, 5) is 0. The van der Waals surface area contributed by atoms with Crippen molar-refractivity contribution in [3.63, 3.8) is 0 Å². The standard InChI is InChI=1S/C13H16ClN/c14-11-2-1-3-12(8-11)15-13-7-9-4-5-10(13)6-9/h1-3,8-10,13,15H,4-7H2/t9-,10+,13?/m1/s1. The Balaban J connectivity index is 1.71. The van der Waals surface area contributed by atoms with E-state index in [0.29, 0.717) is 6.04 Å². The molecule has 0 amide bonds. The molecule has 1 N–H and O–H groups in total. The van der Waals surface area contributed by atoms with Crippen LogP contribution >= 0.6 is 11.6 Å². The van der Waals surface area contributed by atoms with E-state index in [-0.39, 0.29) is 0 Å². The first-order valence-electron chi connectivity index (χ1n) is 5.83. The predicted molar refractivity (Wildman–Crippen MR) is 64.3 cm³/mol. The molecular weight excluding hydrogens is 206 g/mol. The third-order valence-corrected chi connectivity index (χ3v) is 4.15. The smallest absolute Gasteiger partial charge is 0.0426 e. The van der Waals surface area contributed by atoms with E-state index >= 15 is 0 Å². The second kappa shape index (κ2) is 3.71. The van der Waals surface area contributed by atoms with Crippen LogP contribution in [0.3, 0.4) is 0 Å². The van der Waals surface area contributed by atoms with Gasteiger partial charge < -0.3 is 5.32 Å². The van der Waals surface area contributed by atoms with Gasteiger partial charge >= 0.3 is 0 Å². The molecule has 0 aromatic heterocycles. The minimum absolute atomic E-state index is 0.696. The molecule has 0 saturated heterocycles. The number of nitrogens with one attached hydrogen (secondary N) is 1. The molecule has 2 aliphatic rings. The summed E-state index contributed by atoms with van der Waals surface area (Å²) >= 11 is 5.97. The maximum atomic E-state index is 5.97. The molecule has 0 aliphatic heterocycles. The number of anilines is 1. The van der Waals surface area contributed by atoms with Crippen molar-refractivity contribution in [2.75, 3.05) is 5.32 Å². The molecule has 1 aromatic rings. The SMILES string of the molecule is Clc1cccc(NC2C[C@@H]3CC[C@H]2C3)c1. The fourth-order valence-corrected chi connectivity index (χ4v) is 3.40. The molecule has 0 radical (unpaired) electrons. The van der Waals surface area contributed by atoms with E-state index < -0.39 is 0 Å². The van der Waals surface area contributed by atoms with Crippen molar-refractivity contribution in [2.45, 2.75) is 31.7 Å². The van der Waals surface area contributed by atoms with Gasteiger partial charge in [0.15, 0.2) is 0 Å². The number of rotatable bonds is 2. The molecule has 0 heterocycles. The summed E-state index contributed by atoms with van der Waals surface area (Å²) in [6.45, 7) is 0. The van der Waals surface area contributed by atoms with Crippen molar-refractivity contribution < 1.29 is 0 Å². The van der Waals surface area contributed by atoms with Crippen LogP contribution in [-0.2, 0) is 0 Å². The number of fused-ring (bicyclic) bond motifs is 2. The summed E-state index contributed by atoms with van der Waals surface area (Å²) in [5, 5.41) is 4.45. The quantitative estimate of drug-likeness (QED) is 0.798. The molecule has 3 atom stereocenters. The van der Waals surface area contributed by atoms with Gasteiger partial charge in [0.25, 0.3) is 0 Å². The third-order valence-electron chi connectivity index (χ3n) is 3.91. The van der Waals surface area contributed by atoms with Crippen LogP contribution in [-0.4, -0.2) is 6.04 Å². The predicted octanol–water partition coefficient (Wildman–Crippen LogP) is 3.94. The fourth-order valence-electron chi connectivity index (χ4n) is 3.21. The lowest BCUT2D eigenvalue weighted by Gasteiger charge is -2.24. The molecule has 2 saturated carbocycles. The molecule has 1 nitrogen and oxygen atoms in total. The van der Waals surface area contributed by atoms with E-state index in [2.05, 4.69) is 11.4 Å². The van der Waals surface area contributed by atoms with Crippen LogP contribution in [0.4, 0.5) is 5.69 Å². The number of halogens is 1. The monoisotopic (exact) mass is 221 g/mol. The number of benzene rings is 1. The Morgan fingerprint density at radius 2 is 2.13 bits per heavy atom. The number of hydrogen-bond acceptors (Lipinski definition) is 1. The van der Waals surface area contributed by atoms with Gasteiger partial charge in [0, 0.05) is 16.8 Å². The molecule has 2 heteroatoms. The maximum Gasteiger partial charge on any atom is 0.0426 e. The van der Waals surface area contributed by atoms with Crippen LogP contribution in [0.15, 0.2) is 24.3 Å². The van der Waals surface area contributed by atoms with Gasteiger partial charge in [0.1, 0.15) is 0 Å². The molecule has 15 heavy (non-hydrogen) atoms. The van der Waals surface area contributed by atoms with Crippen LogP contribution in [0.2, 0.25) is 5.02 Å². The van der Waals surface area contributed by atoms with E-state index in [1.54, 1.807) is 0 Å². The van der Waals surface area contributed by atoms with E-state index in [1.165, 1.54) is 31.4 Å². The van der Waals surface area contributed by atoms with Crippen LogP contribution < -0.4 is 5.32 Å². The first kappa shape index (κ1) is 9.53. The van der Waals surface area contributed by atoms with Crippen LogP contribution in [0.1, 0.15) is 25.7 Å². The minimum atomic E-state index is 0.696. The Kier molecular flexibility index (Phi) is 2.36. The normalized spacial score (nSPS) is 33.3. The molecule has 2 aliphatic carbocycles. The Bertz CT molecular complexity index is 363. The summed E-state index contributed by atoms with van der Waals surface area (Å²) in [7, 11) is 0. The first-order chi connectivity index (χ1) is 7.31. The van der Waals surface area contributed by atoms with Gasteiger partial charge in [0.2, 0.25) is 0 Å². The molecule has 3 rings (SSSR count). The van der Waals surface area contributed by atoms with Crippen molar-refractivity contribution in [1.29, 1.82) is 0 Å². The molecule has 1 unspecified atom stereocenters. The Morgan fingerprint density at radius 1 is 1.20 bits per heavy atom. The summed E-state index contributed by atoms with van der Waals surface area (Å²) in [6.07, 6.45) is 5.68. The second-order valence-corrected chi connectivity index (χ2v) is 5.37. The summed E-state index contributed by atoms with van der Waals surface area (Å²) < 4.78 is 0. The van der Waals surface area contributed by atoms with Crippen molar-refractivity contribution in [1.82, 2.24) is 0 Å². The second-order valence-electron chi connectivity index (χ2n) is 4.94. The van der Waals surface area contributed by atoms with Crippen LogP contribution in [0, 0.1) is 11.8 Å². The summed E-state index contributed by atoms with van der Waals surface area (Å²) in [6, 6.07) is 8.76. The van der Waals surface area contributed by atoms with Gasteiger partial charge in [-0.2, -0.15) is 0 Å². The Morgan fingerprint density at radius 3 is 2.80 bits per heavy atom. The molecule has 80 valence electrons. The third kappa shape index (κ3) is 1.85. The highest BCUT2D eigenvalue weighted by atomic mass is 35.5. The van der Waals surface area contributed by atoms with Gasteiger partial charge in [-0.05, 0) is 49.3 Å². The lowest BCUT2D eigenvalue weighted by Crippen LogP contribution is -2.25. The lowest BCUT2D eigenvalue weighted by atomic mass is 9.95. The van der Waals surface area contributed by atoms with Gasteiger partial charge in [0.05, 0.1) is 0 Å². The van der Waals surface area contributed by atoms with Gasteiger partial charge in [-0.25, -0.2) is 0 Å². The zero-order chi connectivity index (χ0) is 10.3. The zero-order valence-electron chi connectivity index (χ0n) is 8.75. The zero-order valence-corrected chi connectivity index (χ0v) is 9.50. The van der Waals surface area contributed by atoms with Crippen molar-refractivity contribution in [2.24, 2.45) is 11.8 Å². The molecule has 2 fully saturated rings. The van der Waals surface area contributed by atoms with Gasteiger partial charge in [-0.3, -0.25) is 0 Å². The topological polar surface area (TPSA) is 12.0 Å².